The van der Waals surface area contributed by atoms with Crippen LogP contribution >= 0.6 is 11.6 Å². The zero-order valence-corrected chi connectivity index (χ0v) is 12.9. The molecule has 0 atom stereocenters. The van der Waals surface area contributed by atoms with Crippen molar-refractivity contribution in [3.63, 3.8) is 0 Å². The Kier molecular flexibility index (Phi) is 4.51. The maximum Gasteiger partial charge on any atom is 0.175 e. The first-order valence-corrected chi connectivity index (χ1v) is 8.39. The first kappa shape index (κ1) is 15.4. The molecule has 0 spiro atoms. The summed E-state index contributed by atoms with van der Waals surface area (Å²) >= 11 is 5.91. The highest BCUT2D eigenvalue weighted by molar-refractivity contribution is 7.90. The number of nitrogens with zero attached hydrogens (tertiary/aromatic N) is 1. The summed E-state index contributed by atoms with van der Waals surface area (Å²) in [6.07, 6.45) is 1.17. The van der Waals surface area contributed by atoms with Gasteiger partial charge in [-0.05, 0) is 35.9 Å². The van der Waals surface area contributed by atoms with Crippen molar-refractivity contribution in [2.45, 2.75) is 11.4 Å². The average molecular weight is 321 g/mol. The smallest absolute Gasteiger partial charge is 0.175 e. The van der Waals surface area contributed by atoms with E-state index in [0.29, 0.717) is 22.8 Å². The number of nitrogens with one attached hydrogen (secondary N) is 1. The minimum atomic E-state index is -3.18. The van der Waals surface area contributed by atoms with Crippen LogP contribution in [0.4, 0.5) is 5.69 Å². The van der Waals surface area contributed by atoms with E-state index in [2.05, 4.69) is 11.4 Å². The predicted molar refractivity (Wildman–Crippen MR) is 83.0 cm³/mol. The second-order valence-corrected chi connectivity index (χ2v) is 7.02. The van der Waals surface area contributed by atoms with Crippen molar-refractivity contribution < 1.29 is 8.42 Å². The largest absolute Gasteiger partial charge is 0.380 e. The van der Waals surface area contributed by atoms with Crippen molar-refractivity contribution in [1.29, 1.82) is 5.26 Å². The van der Waals surface area contributed by atoms with E-state index in [4.69, 9.17) is 16.9 Å². The summed E-state index contributed by atoms with van der Waals surface area (Å²) in [5.41, 5.74) is 2.07. The van der Waals surface area contributed by atoms with Crippen LogP contribution < -0.4 is 5.32 Å². The van der Waals surface area contributed by atoms with Crippen LogP contribution in [0.15, 0.2) is 47.4 Å². The Labute approximate surface area is 128 Å². The summed E-state index contributed by atoms with van der Waals surface area (Å²) in [5, 5.41) is 12.7. The van der Waals surface area contributed by atoms with Crippen molar-refractivity contribution in [2.24, 2.45) is 0 Å². The highest BCUT2D eigenvalue weighted by Crippen LogP contribution is 2.21. The van der Waals surface area contributed by atoms with Gasteiger partial charge in [-0.15, -0.1) is 0 Å². The molecule has 2 rings (SSSR count). The molecule has 0 aliphatic heterocycles. The lowest BCUT2D eigenvalue weighted by Crippen LogP contribution is -2.02. The highest BCUT2D eigenvalue weighted by atomic mass is 35.5. The van der Waals surface area contributed by atoms with Crippen molar-refractivity contribution in [2.75, 3.05) is 11.6 Å². The number of benzene rings is 2. The zero-order valence-electron chi connectivity index (χ0n) is 11.3. The normalized spacial score (nSPS) is 10.9. The Balaban J connectivity index is 2.14. The first-order valence-electron chi connectivity index (χ1n) is 6.12. The van der Waals surface area contributed by atoms with E-state index in [9.17, 15) is 8.42 Å². The van der Waals surface area contributed by atoms with Crippen molar-refractivity contribution in [1.82, 2.24) is 0 Å². The molecule has 0 saturated heterocycles. The quantitative estimate of drug-likeness (QED) is 0.939. The molecule has 6 heteroatoms. The molecule has 0 fully saturated rings. The third-order valence-electron chi connectivity index (χ3n) is 2.94. The molecule has 108 valence electrons. The summed E-state index contributed by atoms with van der Waals surface area (Å²) in [5.74, 6) is 0. The van der Waals surface area contributed by atoms with Crippen molar-refractivity contribution in [3.05, 3.63) is 58.6 Å². The number of hydrogen-bond donors (Lipinski definition) is 1. The van der Waals surface area contributed by atoms with Gasteiger partial charge in [-0.3, -0.25) is 0 Å². The summed E-state index contributed by atoms with van der Waals surface area (Å²) in [4.78, 5) is 0.284. The minimum Gasteiger partial charge on any atom is -0.380 e. The van der Waals surface area contributed by atoms with E-state index < -0.39 is 9.84 Å². The molecular formula is C15H13ClN2O2S. The predicted octanol–water partition coefficient (Wildman–Crippen LogP) is 3.23. The van der Waals surface area contributed by atoms with E-state index in [0.717, 1.165) is 5.56 Å². The topological polar surface area (TPSA) is 70.0 Å². The fourth-order valence-electron chi connectivity index (χ4n) is 1.81. The Bertz CT molecular complexity index is 793. The molecule has 0 bridgehead atoms. The van der Waals surface area contributed by atoms with E-state index in [1.54, 1.807) is 42.5 Å². The number of anilines is 1. The third-order valence-corrected chi connectivity index (χ3v) is 4.30. The molecule has 0 heterocycles. The number of nitriles is 1. The molecule has 0 unspecified atom stereocenters. The lowest BCUT2D eigenvalue weighted by molar-refractivity contribution is 0.602. The molecule has 21 heavy (non-hydrogen) atoms. The standard InChI is InChI=1S/C15H13ClN2O2S/c1-21(19,20)14-6-2-11(3-7-14)10-18-15-8-13(16)5-4-12(15)9-17/h2-8,18H,10H2,1H3. The van der Waals surface area contributed by atoms with Gasteiger partial charge in [0.05, 0.1) is 16.1 Å². The molecule has 0 saturated carbocycles. The number of sulfone groups is 1. The van der Waals surface area contributed by atoms with Gasteiger partial charge in [0.1, 0.15) is 6.07 Å². The Morgan fingerprint density at radius 1 is 1.19 bits per heavy atom. The molecule has 0 radical (unpaired) electrons. The van der Waals surface area contributed by atoms with Gasteiger partial charge in [0.15, 0.2) is 9.84 Å². The monoisotopic (exact) mass is 320 g/mol. The Morgan fingerprint density at radius 2 is 1.86 bits per heavy atom. The van der Waals surface area contributed by atoms with E-state index in [1.807, 2.05) is 0 Å². The van der Waals surface area contributed by atoms with Crippen LogP contribution in [-0.4, -0.2) is 14.7 Å². The molecule has 0 aliphatic carbocycles. The van der Waals surface area contributed by atoms with Crippen LogP contribution in [0.1, 0.15) is 11.1 Å². The van der Waals surface area contributed by atoms with Gasteiger partial charge in [-0.2, -0.15) is 5.26 Å². The fourth-order valence-corrected chi connectivity index (χ4v) is 2.61. The van der Waals surface area contributed by atoms with Gasteiger partial charge >= 0.3 is 0 Å². The second kappa shape index (κ2) is 6.17. The van der Waals surface area contributed by atoms with Gasteiger partial charge in [-0.1, -0.05) is 23.7 Å². The number of hydrogen-bond acceptors (Lipinski definition) is 4. The van der Waals surface area contributed by atoms with E-state index in [-0.39, 0.29) is 4.90 Å². The molecule has 4 nitrogen and oxygen atoms in total. The zero-order chi connectivity index (χ0) is 15.5. The molecule has 2 aromatic rings. The molecule has 0 aromatic heterocycles. The fraction of sp³-hybridized carbons (Fsp3) is 0.133. The Hall–Kier alpha value is -2.03. The van der Waals surface area contributed by atoms with Crippen molar-refractivity contribution >= 4 is 27.1 Å². The molecule has 0 aliphatic rings. The number of rotatable bonds is 4. The van der Waals surface area contributed by atoms with Crippen LogP contribution in [0.25, 0.3) is 0 Å². The molecule has 0 amide bonds. The average Bonchev–Trinajstić information content (AvgIpc) is 2.45. The van der Waals surface area contributed by atoms with E-state index >= 15 is 0 Å². The second-order valence-electron chi connectivity index (χ2n) is 4.57. The lowest BCUT2D eigenvalue weighted by atomic mass is 10.1. The van der Waals surface area contributed by atoms with E-state index in [1.165, 1.54) is 6.26 Å². The molecule has 1 N–H and O–H groups in total. The first-order chi connectivity index (χ1) is 9.90. The summed E-state index contributed by atoms with van der Waals surface area (Å²) in [7, 11) is -3.18. The third kappa shape index (κ3) is 3.97. The maximum absolute atomic E-state index is 11.4. The minimum absolute atomic E-state index is 0.284. The summed E-state index contributed by atoms with van der Waals surface area (Å²) in [6.45, 7) is 0.471. The van der Waals surface area contributed by atoms with Gasteiger partial charge in [-0.25, -0.2) is 8.42 Å². The summed E-state index contributed by atoms with van der Waals surface area (Å²) < 4.78 is 22.8. The van der Waals surface area contributed by atoms with Crippen LogP contribution in [0.2, 0.25) is 5.02 Å². The van der Waals surface area contributed by atoms with Crippen LogP contribution in [-0.2, 0) is 16.4 Å². The molecule has 2 aromatic carbocycles. The highest BCUT2D eigenvalue weighted by Gasteiger charge is 2.07. The number of halogens is 1. The SMILES string of the molecule is CS(=O)(=O)c1ccc(CNc2cc(Cl)ccc2C#N)cc1. The van der Waals surface area contributed by atoms with Crippen LogP contribution in [0, 0.1) is 11.3 Å². The lowest BCUT2D eigenvalue weighted by Gasteiger charge is -2.09. The summed E-state index contributed by atoms with van der Waals surface area (Å²) in [6, 6.07) is 13.7. The Morgan fingerprint density at radius 3 is 2.43 bits per heavy atom. The van der Waals surface area contributed by atoms with Crippen LogP contribution in [0.3, 0.4) is 0 Å². The maximum atomic E-state index is 11.4. The van der Waals surface area contributed by atoms with Crippen LogP contribution in [0.5, 0.6) is 0 Å². The van der Waals surface area contributed by atoms with Gasteiger partial charge in [0.25, 0.3) is 0 Å². The van der Waals surface area contributed by atoms with Gasteiger partial charge in [0, 0.05) is 17.8 Å². The van der Waals surface area contributed by atoms with Gasteiger partial charge in [0.2, 0.25) is 0 Å². The van der Waals surface area contributed by atoms with Gasteiger partial charge < -0.3 is 5.32 Å². The van der Waals surface area contributed by atoms with Crippen molar-refractivity contribution in [3.8, 4) is 6.07 Å². The molecular weight excluding hydrogens is 308 g/mol.